The lowest BCUT2D eigenvalue weighted by atomic mass is 10.1. The number of ketones is 1. The molecule has 0 atom stereocenters. The second-order valence-corrected chi connectivity index (χ2v) is 5.49. The Morgan fingerprint density at radius 2 is 2.08 bits per heavy atom. The van der Waals surface area contributed by atoms with E-state index in [1.807, 2.05) is 32.0 Å². The van der Waals surface area contributed by atoms with Gasteiger partial charge in [-0.1, -0.05) is 6.07 Å². The van der Waals surface area contributed by atoms with Gasteiger partial charge in [0, 0.05) is 29.6 Å². The summed E-state index contributed by atoms with van der Waals surface area (Å²) in [6.07, 6.45) is 1.50. The van der Waals surface area contributed by atoms with Crippen LogP contribution < -0.4 is 4.74 Å². The van der Waals surface area contributed by atoms with Gasteiger partial charge in [0.05, 0.1) is 5.69 Å². The summed E-state index contributed by atoms with van der Waals surface area (Å²) in [4.78, 5) is 12.5. The van der Waals surface area contributed by atoms with Crippen LogP contribution in [0.15, 0.2) is 36.7 Å². The van der Waals surface area contributed by atoms with Gasteiger partial charge in [-0.05, 0) is 49.4 Å². The molecule has 0 aliphatic rings. The van der Waals surface area contributed by atoms with Gasteiger partial charge in [-0.15, -0.1) is 5.10 Å². The highest BCUT2D eigenvalue weighted by atomic mass is 16.5. The molecule has 0 saturated heterocycles. The average Bonchev–Trinajstić information content (AvgIpc) is 3.21. The maximum Gasteiger partial charge on any atom is 0.202 e. The number of nitrogens with zero attached hydrogens (tertiary/aromatic N) is 5. The Kier molecular flexibility index (Phi) is 4.41. The summed E-state index contributed by atoms with van der Waals surface area (Å²) in [7, 11) is 0. The molecule has 7 nitrogen and oxygen atoms in total. The molecule has 0 aliphatic heterocycles. The number of carbonyl (C=O) groups is 1. The van der Waals surface area contributed by atoms with Crippen molar-refractivity contribution in [2.24, 2.45) is 0 Å². The molecule has 2 heterocycles. The number of aromatic nitrogens is 5. The molecule has 24 heavy (non-hydrogen) atoms. The molecule has 0 radical (unpaired) electrons. The zero-order valence-electron chi connectivity index (χ0n) is 13.9. The van der Waals surface area contributed by atoms with E-state index in [2.05, 4.69) is 27.0 Å². The molecule has 1 aromatic carbocycles. The summed E-state index contributed by atoms with van der Waals surface area (Å²) < 4.78 is 9.31. The van der Waals surface area contributed by atoms with Gasteiger partial charge in [0.2, 0.25) is 5.78 Å². The Morgan fingerprint density at radius 3 is 2.75 bits per heavy atom. The summed E-state index contributed by atoms with van der Waals surface area (Å²) in [5.41, 5.74) is 3.55. The quantitative estimate of drug-likeness (QED) is 0.650. The molecule has 0 fully saturated rings. The Balaban J connectivity index is 1.72. The predicted octanol–water partition coefficient (Wildman–Crippen LogP) is 2.36. The number of ether oxygens (including phenoxy) is 1. The third kappa shape index (κ3) is 3.05. The average molecular weight is 325 g/mol. The molecule has 0 unspecified atom stereocenters. The minimum atomic E-state index is -0.0318. The number of hydrogen-bond acceptors (Lipinski definition) is 5. The van der Waals surface area contributed by atoms with Crippen molar-refractivity contribution in [3.05, 3.63) is 53.6 Å². The smallest absolute Gasteiger partial charge is 0.202 e. The van der Waals surface area contributed by atoms with Crippen molar-refractivity contribution in [2.45, 2.75) is 27.3 Å². The van der Waals surface area contributed by atoms with E-state index in [4.69, 9.17) is 4.74 Å². The van der Waals surface area contributed by atoms with Crippen molar-refractivity contribution in [3.63, 3.8) is 0 Å². The fourth-order valence-electron chi connectivity index (χ4n) is 2.79. The summed E-state index contributed by atoms with van der Waals surface area (Å²) in [6.45, 7) is 6.87. The maximum absolute atomic E-state index is 12.5. The van der Waals surface area contributed by atoms with Gasteiger partial charge in [0.15, 0.2) is 6.61 Å². The first-order chi connectivity index (χ1) is 11.6. The number of tetrazole rings is 1. The molecule has 0 saturated carbocycles. The van der Waals surface area contributed by atoms with Gasteiger partial charge >= 0.3 is 0 Å². The second-order valence-electron chi connectivity index (χ2n) is 5.49. The van der Waals surface area contributed by atoms with E-state index >= 15 is 0 Å². The zero-order valence-corrected chi connectivity index (χ0v) is 13.9. The van der Waals surface area contributed by atoms with E-state index in [0.29, 0.717) is 11.3 Å². The molecule has 0 N–H and O–H groups in total. The lowest BCUT2D eigenvalue weighted by Gasteiger charge is -2.08. The number of benzene rings is 1. The molecule has 0 bridgehead atoms. The van der Waals surface area contributed by atoms with Crippen molar-refractivity contribution in [2.75, 3.05) is 6.61 Å². The minimum Gasteiger partial charge on any atom is -0.485 e. The van der Waals surface area contributed by atoms with Gasteiger partial charge in [-0.2, -0.15) is 0 Å². The van der Waals surface area contributed by atoms with Crippen LogP contribution in [0.4, 0.5) is 0 Å². The van der Waals surface area contributed by atoms with Gasteiger partial charge in [0.1, 0.15) is 12.1 Å². The molecular formula is C17H19N5O2. The van der Waals surface area contributed by atoms with Crippen molar-refractivity contribution in [1.82, 2.24) is 24.8 Å². The molecule has 124 valence electrons. The van der Waals surface area contributed by atoms with Crippen molar-refractivity contribution in [1.29, 1.82) is 0 Å². The topological polar surface area (TPSA) is 74.8 Å². The Bertz CT molecular complexity index is 852. The molecule has 3 aromatic rings. The van der Waals surface area contributed by atoms with E-state index in [1.54, 1.807) is 12.1 Å². The van der Waals surface area contributed by atoms with Crippen LogP contribution >= 0.6 is 0 Å². The largest absolute Gasteiger partial charge is 0.485 e. The fourth-order valence-corrected chi connectivity index (χ4v) is 2.79. The summed E-state index contributed by atoms with van der Waals surface area (Å²) in [6, 6.07) is 9.21. The Labute approximate surface area is 139 Å². The lowest BCUT2D eigenvalue weighted by Crippen LogP contribution is -2.13. The van der Waals surface area contributed by atoms with Crippen LogP contribution in [0.25, 0.3) is 5.69 Å². The van der Waals surface area contributed by atoms with Gasteiger partial charge in [0.25, 0.3) is 0 Å². The zero-order chi connectivity index (χ0) is 17.1. The molecular weight excluding hydrogens is 306 g/mol. The van der Waals surface area contributed by atoms with Crippen LogP contribution in [0.3, 0.4) is 0 Å². The SMILES string of the molecule is CCn1c(C)cc(C(=O)COc2cccc(-n3cnnn3)c2)c1C. The number of aryl methyl sites for hydroxylation is 1. The Morgan fingerprint density at radius 1 is 1.25 bits per heavy atom. The van der Waals surface area contributed by atoms with E-state index in [1.165, 1.54) is 11.0 Å². The molecule has 0 amide bonds. The number of hydrogen-bond donors (Lipinski definition) is 0. The summed E-state index contributed by atoms with van der Waals surface area (Å²) in [5, 5.41) is 11.0. The first kappa shape index (κ1) is 15.9. The van der Waals surface area contributed by atoms with Crippen LogP contribution in [0.1, 0.15) is 28.7 Å². The van der Waals surface area contributed by atoms with Crippen LogP contribution in [-0.2, 0) is 6.54 Å². The van der Waals surface area contributed by atoms with E-state index in [9.17, 15) is 4.79 Å². The van der Waals surface area contributed by atoms with E-state index in [0.717, 1.165) is 23.6 Å². The maximum atomic E-state index is 12.5. The third-order valence-corrected chi connectivity index (χ3v) is 3.99. The monoisotopic (exact) mass is 325 g/mol. The highest BCUT2D eigenvalue weighted by molar-refractivity contribution is 5.98. The van der Waals surface area contributed by atoms with Crippen LogP contribution in [0.5, 0.6) is 5.75 Å². The molecule has 0 aliphatic carbocycles. The molecule has 3 rings (SSSR count). The van der Waals surface area contributed by atoms with Gasteiger partial charge in [-0.25, -0.2) is 4.68 Å². The fraction of sp³-hybridized carbons (Fsp3) is 0.294. The number of carbonyl (C=O) groups excluding carboxylic acids is 1. The third-order valence-electron chi connectivity index (χ3n) is 3.99. The first-order valence-corrected chi connectivity index (χ1v) is 7.76. The summed E-state index contributed by atoms with van der Waals surface area (Å²) in [5.74, 6) is 0.566. The first-order valence-electron chi connectivity index (χ1n) is 7.76. The van der Waals surface area contributed by atoms with Crippen molar-refractivity contribution in [3.8, 4) is 11.4 Å². The highest BCUT2D eigenvalue weighted by Crippen LogP contribution is 2.18. The van der Waals surface area contributed by atoms with Crippen molar-refractivity contribution < 1.29 is 9.53 Å². The van der Waals surface area contributed by atoms with Gasteiger partial charge < -0.3 is 9.30 Å². The number of Topliss-reactive ketones (excluding diaryl/α,β-unsaturated/α-hetero) is 1. The normalized spacial score (nSPS) is 10.8. The van der Waals surface area contributed by atoms with Gasteiger partial charge in [-0.3, -0.25) is 4.79 Å². The summed E-state index contributed by atoms with van der Waals surface area (Å²) >= 11 is 0. The van der Waals surface area contributed by atoms with Crippen LogP contribution in [0.2, 0.25) is 0 Å². The van der Waals surface area contributed by atoms with Crippen LogP contribution in [-0.4, -0.2) is 37.2 Å². The Hall–Kier alpha value is -2.96. The highest BCUT2D eigenvalue weighted by Gasteiger charge is 2.15. The van der Waals surface area contributed by atoms with E-state index < -0.39 is 0 Å². The molecule has 7 heteroatoms. The molecule has 0 spiro atoms. The van der Waals surface area contributed by atoms with Crippen LogP contribution in [0, 0.1) is 13.8 Å². The number of rotatable bonds is 6. The predicted molar refractivity (Wildman–Crippen MR) is 88.6 cm³/mol. The minimum absolute atomic E-state index is 0.00688. The lowest BCUT2D eigenvalue weighted by molar-refractivity contribution is 0.0920. The van der Waals surface area contributed by atoms with Crippen molar-refractivity contribution >= 4 is 5.78 Å². The van der Waals surface area contributed by atoms with E-state index in [-0.39, 0.29) is 12.4 Å². The standard InChI is InChI=1S/C17H19N5O2/c1-4-21-12(2)8-16(13(21)3)17(23)10-24-15-7-5-6-14(9-15)22-11-18-19-20-22/h5-9,11H,4,10H2,1-3H3. The molecule has 2 aromatic heterocycles. The second kappa shape index (κ2) is 6.66.